The Morgan fingerprint density at radius 2 is 1.22 bits per heavy atom. The van der Waals surface area contributed by atoms with Crippen molar-refractivity contribution in [2.45, 2.75) is 111 Å². The molecule has 0 aromatic rings. The Morgan fingerprint density at radius 3 is 1.65 bits per heavy atom. The summed E-state index contributed by atoms with van der Waals surface area (Å²) in [5.41, 5.74) is 0. The molecule has 0 N–H and O–H groups in total. The van der Waals surface area contributed by atoms with E-state index in [1.54, 1.807) is 0 Å². The van der Waals surface area contributed by atoms with Crippen molar-refractivity contribution in [2.24, 2.45) is 5.92 Å². The first-order valence-electron chi connectivity index (χ1n) is 10.2. The molecule has 0 rings (SSSR count). The molecule has 0 aromatic heterocycles. The maximum atomic E-state index is 6.46. The summed E-state index contributed by atoms with van der Waals surface area (Å²) in [5, 5.41) is 0.173. The topological polar surface area (TPSA) is 18.5 Å². The van der Waals surface area contributed by atoms with E-state index in [0.29, 0.717) is 5.92 Å². The average molecular weight is 345 g/mol. The summed E-state index contributed by atoms with van der Waals surface area (Å²) in [6, 6.07) is 1.16. The van der Waals surface area contributed by atoms with Crippen molar-refractivity contribution in [2.75, 3.05) is 13.2 Å². The highest BCUT2D eigenvalue weighted by molar-refractivity contribution is 6.70. The number of hydrogen-bond donors (Lipinski definition) is 0. The normalized spacial score (nSPS) is 13.0. The van der Waals surface area contributed by atoms with Crippen molar-refractivity contribution < 1.29 is 8.85 Å². The van der Waals surface area contributed by atoms with Crippen LogP contribution in [-0.4, -0.2) is 21.8 Å². The molecule has 0 spiro atoms. The minimum Gasteiger partial charge on any atom is -0.394 e. The lowest BCUT2D eigenvalue weighted by molar-refractivity contribution is 0.136. The third-order valence-electron chi connectivity index (χ3n) is 5.60. The SMILES string of the molecule is CCCCCCCC[Si](OCC)(OCC)C(C)(C)C(CC)CC. The van der Waals surface area contributed by atoms with E-state index in [4.69, 9.17) is 8.85 Å². The van der Waals surface area contributed by atoms with Crippen LogP contribution >= 0.6 is 0 Å². The van der Waals surface area contributed by atoms with Gasteiger partial charge in [-0.15, -0.1) is 0 Å². The van der Waals surface area contributed by atoms with Crippen molar-refractivity contribution in [3.8, 4) is 0 Å². The van der Waals surface area contributed by atoms with Crippen LogP contribution in [0, 0.1) is 5.92 Å². The maximum absolute atomic E-state index is 6.46. The van der Waals surface area contributed by atoms with Crippen LogP contribution in [0.25, 0.3) is 0 Å². The Kier molecular flexibility index (Phi) is 12.6. The first-order chi connectivity index (χ1) is 11.0. The second kappa shape index (κ2) is 12.5. The van der Waals surface area contributed by atoms with Gasteiger partial charge >= 0.3 is 8.56 Å². The lowest BCUT2D eigenvalue weighted by atomic mass is 9.90. The molecule has 23 heavy (non-hydrogen) atoms. The Bertz CT molecular complexity index is 269. The van der Waals surface area contributed by atoms with Crippen molar-refractivity contribution >= 4 is 8.56 Å². The highest BCUT2D eigenvalue weighted by Crippen LogP contribution is 2.50. The van der Waals surface area contributed by atoms with Crippen molar-refractivity contribution in [3.63, 3.8) is 0 Å². The molecule has 0 fully saturated rings. The van der Waals surface area contributed by atoms with E-state index in [2.05, 4.69) is 48.5 Å². The fourth-order valence-electron chi connectivity index (χ4n) is 4.10. The van der Waals surface area contributed by atoms with Crippen LogP contribution in [0.1, 0.15) is 99.8 Å². The van der Waals surface area contributed by atoms with Crippen LogP contribution < -0.4 is 0 Å². The number of rotatable bonds is 15. The van der Waals surface area contributed by atoms with E-state index in [-0.39, 0.29) is 5.04 Å². The zero-order valence-corrected chi connectivity index (χ0v) is 18.2. The van der Waals surface area contributed by atoms with Crippen LogP contribution in [-0.2, 0) is 8.85 Å². The zero-order chi connectivity index (χ0) is 17.8. The summed E-state index contributed by atoms with van der Waals surface area (Å²) in [6.45, 7) is 17.6. The van der Waals surface area contributed by atoms with E-state index in [1.807, 2.05) is 0 Å². The molecular weight excluding hydrogens is 300 g/mol. The summed E-state index contributed by atoms with van der Waals surface area (Å²) in [7, 11) is -2.20. The molecular formula is C20H44O2Si. The van der Waals surface area contributed by atoms with Crippen LogP contribution in [0.2, 0.25) is 11.1 Å². The molecule has 0 aromatic carbocycles. The summed E-state index contributed by atoms with van der Waals surface area (Å²) < 4.78 is 12.9. The van der Waals surface area contributed by atoms with Gasteiger partial charge in [-0.1, -0.05) is 86.0 Å². The molecule has 0 radical (unpaired) electrons. The smallest absolute Gasteiger partial charge is 0.344 e. The predicted molar refractivity (Wildman–Crippen MR) is 105 cm³/mol. The Balaban J connectivity index is 4.99. The van der Waals surface area contributed by atoms with Gasteiger partial charge in [-0.2, -0.15) is 0 Å². The highest BCUT2D eigenvalue weighted by Gasteiger charge is 2.54. The van der Waals surface area contributed by atoms with Crippen molar-refractivity contribution in [3.05, 3.63) is 0 Å². The highest BCUT2D eigenvalue weighted by atomic mass is 28.4. The summed E-state index contributed by atoms with van der Waals surface area (Å²) in [4.78, 5) is 0. The molecule has 0 aliphatic carbocycles. The van der Waals surface area contributed by atoms with Gasteiger partial charge in [-0.25, -0.2) is 0 Å². The van der Waals surface area contributed by atoms with Crippen molar-refractivity contribution in [1.82, 2.24) is 0 Å². The van der Waals surface area contributed by atoms with Gasteiger partial charge in [0.1, 0.15) is 0 Å². The van der Waals surface area contributed by atoms with Crippen LogP contribution in [0.5, 0.6) is 0 Å². The largest absolute Gasteiger partial charge is 0.394 e. The fraction of sp³-hybridized carbons (Fsp3) is 1.00. The number of hydrogen-bond acceptors (Lipinski definition) is 2. The molecule has 0 heterocycles. The van der Waals surface area contributed by atoms with Crippen LogP contribution in [0.4, 0.5) is 0 Å². The lowest BCUT2D eigenvalue weighted by Crippen LogP contribution is -2.54. The fourth-order valence-corrected chi connectivity index (χ4v) is 8.54. The van der Waals surface area contributed by atoms with Crippen LogP contribution in [0.3, 0.4) is 0 Å². The van der Waals surface area contributed by atoms with Gasteiger partial charge < -0.3 is 8.85 Å². The predicted octanol–water partition coefficient (Wildman–Crippen LogP) is 7.08. The Labute approximate surface area is 148 Å². The molecule has 0 amide bonds. The van der Waals surface area contributed by atoms with E-state index < -0.39 is 8.56 Å². The van der Waals surface area contributed by atoms with Gasteiger partial charge in [0.15, 0.2) is 0 Å². The van der Waals surface area contributed by atoms with E-state index >= 15 is 0 Å². The van der Waals surface area contributed by atoms with E-state index in [9.17, 15) is 0 Å². The molecule has 3 heteroatoms. The summed E-state index contributed by atoms with van der Waals surface area (Å²) in [6.07, 6.45) is 10.5. The molecule has 2 nitrogen and oxygen atoms in total. The second-order valence-corrected chi connectivity index (χ2v) is 11.2. The Hall–Kier alpha value is 0.137. The maximum Gasteiger partial charge on any atom is 0.344 e. The average Bonchev–Trinajstić information content (AvgIpc) is 2.51. The molecule has 0 aliphatic heterocycles. The molecule has 140 valence electrons. The number of unbranched alkanes of at least 4 members (excludes halogenated alkanes) is 5. The molecule has 0 saturated heterocycles. The third-order valence-corrected chi connectivity index (χ3v) is 10.5. The van der Waals surface area contributed by atoms with Gasteiger partial charge in [0.05, 0.1) is 0 Å². The minimum absolute atomic E-state index is 0.173. The van der Waals surface area contributed by atoms with Crippen molar-refractivity contribution in [1.29, 1.82) is 0 Å². The van der Waals surface area contributed by atoms with Gasteiger partial charge in [0.25, 0.3) is 0 Å². The molecule has 0 atom stereocenters. The standard InChI is InChI=1S/C20H44O2Si/c1-8-13-14-15-16-17-18-23(21-11-4,22-12-5)20(6,7)19(9-2)10-3/h19H,8-18H2,1-7H3. The summed E-state index contributed by atoms with van der Waals surface area (Å²) in [5.74, 6) is 0.687. The van der Waals surface area contributed by atoms with Crippen LogP contribution in [0.15, 0.2) is 0 Å². The monoisotopic (exact) mass is 344 g/mol. The quantitative estimate of drug-likeness (QED) is 0.233. The third kappa shape index (κ3) is 6.87. The molecule has 0 bridgehead atoms. The summed E-state index contributed by atoms with van der Waals surface area (Å²) >= 11 is 0. The first kappa shape index (κ1) is 23.1. The van der Waals surface area contributed by atoms with Gasteiger partial charge in [0, 0.05) is 18.3 Å². The second-order valence-electron chi connectivity index (χ2n) is 7.37. The van der Waals surface area contributed by atoms with E-state index in [0.717, 1.165) is 19.3 Å². The molecule has 0 saturated carbocycles. The van der Waals surface area contributed by atoms with Gasteiger partial charge in [-0.05, 0) is 25.8 Å². The molecule has 0 unspecified atom stereocenters. The Morgan fingerprint density at radius 1 is 0.739 bits per heavy atom. The van der Waals surface area contributed by atoms with Gasteiger partial charge in [-0.3, -0.25) is 0 Å². The lowest BCUT2D eigenvalue weighted by Gasteiger charge is -2.47. The zero-order valence-electron chi connectivity index (χ0n) is 17.2. The van der Waals surface area contributed by atoms with Gasteiger partial charge in [0.2, 0.25) is 0 Å². The molecule has 0 aliphatic rings. The van der Waals surface area contributed by atoms with E-state index in [1.165, 1.54) is 51.4 Å². The first-order valence-corrected chi connectivity index (χ1v) is 12.3. The minimum atomic E-state index is -2.20.